The van der Waals surface area contributed by atoms with Crippen molar-refractivity contribution in [3.63, 3.8) is 0 Å². The molecule has 1 unspecified atom stereocenters. The van der Waals surface area contributed by atoms with Crippen molar-refractivity contribution in [1.82, 2.24) is 0 Å². The lowest BCUT2D eigenvalue weighted by Gasteiger charge is -2.42. The molecule has 1 fully saturated rings. The van der Waals surface area contributed by atoms with Crippen LogP contribution in [0.3, 0.4) is 0 Å². The van der Waals surface area contributed by atoms with Crippen LogP contribution in [0.25, 0.3) is 0 Å². The predicted octanol–water partition coefficient (Wildman–Crippen LogP) is 2.33. The number of allylic oxidation sites excluding steroid dienone is 1. The molecule has 1 aliphatic rings. The Morgan fingerprint density at radius 1 is 1.50 bits per heavy atom. The third kappa shape index (κ3) is 2.72. The van der Waals surface area contributed by atoms with Gasteiger partial charge in [0.2, 0.25) is 6.29 Å². The van der Waals surface area contributed by atoms with E-state index in [-0.39, 0.29) is 11.7 Å². The van der Waals surface area contributed by atoms with Gasteiger partial charge in [0.25, 0.3) is 0 Å². The van der Waals surface area contributed by atoms with Gasteiger partial charge in [0, 0.05) is 6.61 Å². The number of hydrogen-bond donors (Lipinski definition) is 0. The normalized spacial score (nSPS) is 20.9. The molecule has 1 atom stereocenters. The van der Waals surface area contributed by atoms with Crippen molar-refractivity contribution in [2.75, 3.05) is 19.8 Å². The summed E-state index contributed by atoms with van der Waals surface area (Å²) in [6.45, 7) is 10.2. The van der Waals surface area contributed by atoms with E-state index in [1.54, 1.807) is 6.26 Å². The largest absolute Gasteiger partial charge is 0.472 e. The van der Waals surface area contributed by atoms with Gasteiger partial charge < -0.3 is 14.2 Å². The van der Waals surface area contributed by atoms with E-state index in [0.29, 0.717) is 19.8 Å². The summed E-state index contributed by atoms with van der Waals surface area (Å²) in [4.78, 5) is 0. The summed E-state index contributed by atoms with van der Waals surface area (Å²) in [5, 5.41) is 0. The number of hydrogen-bond acceptors (Lipinski definition) is 3. The molecule has 0 spiro atoms. The quantitative estimate of drug-likeness (QED) is 0.503. The highest BCUT2D eigenvalue weighted by atomic mass is 16.7. The van der Waals surface area contributed by atoms with Crippen LogP contribution < -0.4 is 0 Å². The van der Waals surface area contributed by atoms with Crippen LogP contribution in [0.15, 0.2) is 11.8 Å². The molecular formula is C11H20O3. The monoisotopic (exact) mass is 200 g/mol. The summed E-state index contributed by atoms with van der Waals surface area (Å²) >= 11 is 0. The van der Waals surface area contributed by atoms with E-state index in [1.165, 1.54) is 0 Å². The average Bonchev–Trinajstić information content (AvgIpc) is 2.08. The SMILES string of the molecule is CCOC(OC=C(C)C)C1(C)COC1. The molecule has 82 valence electrons. The lowest BCUT2D eigenvalue weighted by Crippen LogP contribution is -2.50. The van der Waals surface area contributed by atoms with Crippen molar-refractivity contribution in [3.05, 3.63) is 11.8 Å². The van der Waals surface area contributed by atoms with Crippen LogP contribution in [0.2, 0.25) is 0 Å². The molecule has 1 heterocycles. The molecule has 0 aliphatic carbocycles. The molecule has 0 amide bonds. The molecule has 1 saturated heterocycles. The maximum Gasteiger partial charge on any atom is 0.208 e. The first-order valence-electron chi connectivity index (χ1n) is 5.06. The molecule has 3 nitrogen and oxygen atoms in total. The minimum atomic E-state index is -0.184. The second kappa shape index (κ2) is 4.80. The smallest absolute Gasteiger partial charge is 0.208 e. The first-order valence-corrected chi connectivity index (χ1v) is 5.06. The van der Waals surface area contributed by atoms with Crippen LogP contribution >= 0.6 is 0 Å². The summed E-state index contributed by atoms with van der Waals surface area (Å²) in [6.07, 6.45) is 1.57. The Bertz CT molecular complexity index is 203. The Morgan fingerprint density at radius 3 is 2.50 bits per heavy atom. The van der Waals surface area contributed by atoms with Crippen LogP contribution in [0.1, 0.15) is 27.7 Å². The fourth-order valence-corrected chi connectivity index (χ4v) is 1.31. The molecule has 0 N–H and O–H groups in total. The summed E-state index contributed by atoms with van der Waals surface area (Å²) in [5.74, 6) is 0. The van der Waals surface area contributed by atoms with Crippen LogP contribution in [0.5, 0.6) is 0 Å². The van der Waals surface area contributed by atoms with Gasteiger partial charge in [-0.25, -0.2) is 0 Å². The predicted molar refractivity (Wildman–Crippen MR) is 54.9 cm³/mol. The van der Waals surface area contributed by atoms with E-state index in [1.807, 2.05) is 20.8 Å². The van der Waals surface area contributed by atoms with Crippen molar-refractivity contribution in [1.29, 1.82) is 0 Å². The second-order valence-corrected chi connectivity index (χ2v) is 4.27. The third-order valence-electron chi connectivity index (χ3n) is 2.18. The molecular weight excluding hydrogens is 180 g/mol. The highest BCUT2D eigenvalue weighted by Gasteiger charge is 2.43. The lowest BCUT2D eigenvalue weighted by molar-refractivity contribution is -0.252. The highest BCUT2D eigenvalue weighted by Crippen LogP contribution is 2.33. The summed E-state index contributed by atoms with van der Waals surface area (Å²) < 4.78 is 16.3. The summed E-state index contributed by atoms with van der Waals surface area (Å²) in [7, 11) is 0. The van der Waals surface area contributed by atoms with Crippen molar-refractivity contribution in [3.8, 4) is 0 Å². The molecule has 0 aromatic carbocycles. The van der Waals surface area contributed by atoms with Crippen LogP contribution in [0.4, 0.5) is 0 Å². The topological polar surface area (TPSA) is 27.7 Å². The second-order valence-electron chi connectivity index (χ2n) is 4.27. The lowest BCUT2D eigenvalue weighted by atomic mass is 9.88. The van der Waals surface area contributed by atoms with Crippen LogP contribution in [0, 0.1) is 5.41 Å². The van der Waals surface area contributed by atoms with Gasteiger partial charge >= 0.3 is 0 Å². The Hall–Kier alpha value is -0.540. The fraction of sp³-hybridized carbons (Fsp3) is 0.818. The Labute approximate surface area is 86.0 Å². The summed E-state index contributed by atoms with van der Waals surface area (Å²) in [5.41, 5.74) is 1.15. The van der Waals surface area contributed by atoms with Gasteiger partial charge in [-0.2, -0.15) is 0 Å². The molecule has 0 bridgehead atoms. The van der Waals surface area contributed by atoms with E-state index < -0.39 is 0 Å². The van der Waals surface area contributed by atoms with E-state index >= 15 is 0 Å². The van der Waals surface area contributed by atoms with E-state index in [0.717, 1.165) is 5.57 Å². The molecule has 0 radical (unpaired) electrons. The first kappa shape index (κ1) is 11.5. The minimum absolute atomic E-state index is 0.0158. The van der Waals surface area contributed by atoms with Gasteiger partial charge in [-0.15, -0.1) is 0 Å². The van der Waals surface area contributed by atoms with Gasteiger partial charge in [-0.3, -0.25) is 0 Å². The van der Waals surface area contributed by atoms with Crippen molar-refractivity contribution < 1.29 is 14.2 Å². The molecule has 0 aromatic heterocycles. The standard InChI is InChI=1S/C11H20O3/c1-5-13-10(14-6-9(2)3)11(4)7-12-8-11/h6,10H,5,7-8H2,1-4H3. The molecule has 1 aliphatic heterocycles. The highest BCUT2D eigenvalue weighted by molar-refractivity contribution is 4.90. The van der Waals surface area contributed by atoms with Crippen LogP contribution in [-0.4, -0.2) is 26.1 Å². The van der Waals surface area contributed by atoms with Gasteiger partial charge in [0.05, 0.1) is 24.9 Å². The molecule has 3 heteroatoms. The van der Waals surface area contributed by atoms with Gasteiger partial charge in [-0.1, -0.05) is 0 Å². The minimum Gasteiger partial charge on any atom is -0.472 e. The Morgan fingerprint density at radius 2 is 2.14 bits per heavy atom. The zero-order valence-corrected chi connectivity index (χ0v) is 9.50. The van der Waals surface area contributed by atoms with E-state index in [4.69, 9.17) is 14.2 Å². The molecule has 0 aromatic rings. The van der Waals surface area contributed by atoms with E-state index in [2.05, 4.69) is 6.92 Å². The van der Waals surface area contributed by atoms with Crippen molar-refractivity contribution >= 4 is 0 Å². The van der Waals surface area contributed by atoms with Crippen molar-refractivity contribution in [2.24, 2.45) is 5.41 Å². The Balaban J connectivity index is 2.50. The maximum absolute atomic E-state index is 5.59. The van der Waals surface area contributed by atoms with Gasteiger partial charge in [0.1, 0.15) is 0 Å². The summed E-state index contributed by atoms with van der Waals surface area (Å²) in [6, 6.07) is 0. The fourth-order valence-electron chi connectivity index (χ4n) is 1.31. The average molecular weight is 200 g/mol. The zero-order chi connectivity index (χ0) is 10.6. The maximum atomic E-state index is 5.59. The molecule has 14 heavy (non-hydrogen) atoms. The third-order valence-corrected chi connectivity index (χ3v) is 2.18. The van der Waals surface area contributed by atoms with Crippen LogP contribution in [-0.2, 0) is 14.2 Å². The number of rotatable bonds is 5. The van der Waals surface area contributed by atoms with Gasteiger partial charge in [0.15, 0.2) is 0 Å². The Kier molecular flexibility index (Phi) is 3.96. The van der Waals surface area contributed by atoms with E-state index in [9.17, 15) is 0 Å². The first-order chi connectivity index (χ1) is 6.58. The molecule has 1 rings (SSSR count). The zero-order valence-electron chi connectivity index (χ0n) is 9.50. The van der Waals surface area contributed by atoms with Gasteiger partial charge in [-0.05, 0) is 33.3 Å². The number of ether oxygens (including phenoxy) is 3. The van der Waals surface area contributed by atoms with Crippen molar-refractivity contribution in [2.45, 2.75) is 34.0 Å². The molecule has 0 saturated carbocycles.